The first kappa shape index (κ1) is 14.8. The molecule has 0 unspecified atom stereocenters. The van der Waals surface area contributed by atoms with Crippen molar-refractivity contribution in [2.45, 2.75) is 31.7 Å². The van der Waals surface area contributed by atoms with E-state index in [1.54, 1.807) is 24.1 Å². The van der Waals surface area contributed by atoms with Crippen LogP contribution >= 0.6 is 0 Å². The average Bonchev–Trinajstić information content (AvgIpc) is 3.25. The zero-order valence-electron chi connectivity index (χ0n) is 12.6. The number of nitrogens with zero attached hydrogens (tertiary/aromatic N) is 3. The van der Waals surface area contributed by atoms with Crippen LogP contribution < -0.4 is 5.32 Å². The molecule has 3 rings (SSSR count). The molecule has 2 N–H and O–H groups in total. The molecule has 0 spiro atoms. The summed E-state index contributed by atoms with van der Waals surface area (Å²) in [6, 6.07) is 3.60. The Kier molecular flexibility index (Phi) is 4.53. The van der Waals surface area contributed by atoms with Crippen LogP contribution in [0.25, 0.3) is 0 Å². The van der Waals surface area contributed by atoms with Crippen molar-refractivity contribution in [1.82, 2.24) is 20.0 Å². The summed E-state index contributed by atoms with van der Waals surface area (Å²) in [4.78, 5) is 12.3. The number of carbonyl (C=O) groups is 1. The van der Waals surface area contributed by atoms with E-state index in [1.165, 1.54) is 0 Å². The van der Waals surface area contributed by atoms with Gasteiger partial charge in [-0.1, -0.05) is 0 Å². The predicted octanol–water partition coefficient (Wildman–Crippen LogP) is 1.98. The van der Waals surface area contributed by atoms with Gasteiger partial charge in [-0.15, -0.1) is 0 Å². The smallest absolute Gasteiger partial charge is 0.275 e. The highest BCUT2D eigenvalue weighted by Gasteiger charge is 2.20. The molecule has 0 bridgehead atoms. The summed E-state index contributed by atoms with van der Waals surface area (Å²) in [7, 11) is 1.62. The zero-order chi connectivity index (χ0) is 15.4. The second-order valence-electron chi connectivity index (χ2n) is 5.39. The Labute approximate surface area is 129 Å². The van der Waals surface area contributed by atoms with Crippen molar-refractivity contribution in [1.29, 1.82) is 0 Å². The van der Waals surface area contributed by atoms with Crippen molar-refractivity contribution < 1.29 is 9.53 Å². The maximum atomic E-state index is 12.3. The third kappa shape index (κ3) is 3.19. The van der Waals surface area contributed by atoms with E-state index in [1.807, 2.05) is 6.07 Å². The highest BCUT2D eigenvalue weighted by atomic mass is 16.5. The molecule has 1 fully saturated rings. The molecule has 2 aromatic heterocycles. The van der Waals surface area contributed by atoms with Gasteiger partial charge in [0.15, 0.2) is 5.82 Å². The lowest BCUT2D eigenvalue weighted by Gasteiger charge is -2.06. The zero-order valence-corrected chi connectivity index (χ0v) is 12.6. The van der Waals surface area contributed by atoms with Crippen LogP contribution in [0.5, 0.6) is 0 Å². The van der Waals surface area contributed by atoms with Crippen LogP contribution in [0.3, 0.4) is 0 Å². The monoisotopic (exact) mass is 302 g/mol. The number of hydrogen-bond donors (Lipinski definition) is 2. The quantitative estimate of drug-likeness (QED) is 0.854. The summed E-state index contributed by atoms with van der Waals surface area (Å²) in [5.74, 6) is 0.821. The maximum absolute atomic E-state index is 12.3. The first-order valence-corrected chi connectivity index (χ1v) is 7.47. The van der Waals surface area contributed by atoms with Crippen LogP contribution in [0.2, 0.25) is 0 Å². The number of anilines is 1. The van der Waals surface area contributed by atoms with Gasteiger partial charge in [0.25, 0.3) is 5.91 Å². The predicted molar refractivity (Wildman–Crippen MR) is 81.5 cm³/mol. The van der Waals surface area contributed by atoms with Crippen LogP contribution in [0.15, 0.2) is 18.3 Å². The molecule has 1 saturated carbocycles. The Morgan fingerprint density at radius 1 is 1.59 bits per heavy atom. The fourth-order valence-corrected chi connectivity index (χ4v) is 2.71. The summed E-state index contributed by atoms with van der Waals surface area (Å²) in [6.45, 7) is 1.04. The van der Waals surface area contributed by atoms with Gasteiger partial charge in [-0.3, -0.25) is 14.6 Å². The second kappa shape index (κ2) is 6.74. The molecule has 1 amide bonds. The van der Waals surface area contributed by atoms with Crippen molar-refractivity contribution in [2.75, 3.05) is 19.0 Å². The minimum Gasteiger partial charge on any atom is -0.383 e. The summed E-state index contributed by atoms with van der Waals surface area (Å²) in [5, 5.41) is 14.1. The molecule has 1 atom stereocenters. The van der Waals surface area contributed by atoms with E-state index < -0.39 is 0 Å². The summed E-state index contributed by atoms with van der Waals surface area (Å²) < 4.78 is 6.64. The number of aromatic nitrogens is 4. The molecule has 1 aliphatic rings. The Morgan fingerprint density at radius 2 is 2.50 bits per heavy atom. The van der Waals surface area contributed by atoms with Crippen LogP contribution in [0, 0.1) is 6.42 Å². The minimum atomic E-state index is -0.218. The van der Waals surface area contributed by atoms with E-state index in [9.17, 15) is 4.79 Å². The van der Waals surface area contributed by atoms with Gasteiger partial charge in [-0.25, -0.2) is 0 Å². The van der Waals surface area contributed by atoms with Gasteiger partial charge in [-0.05, 0) is 31.7 Å². The molecule has 1 radical (unpaired) electrons. The van der Waals surface area contributed by atoms with Gasteiger partial charge < -0.3 is 10.1 Å². The van der Waals surface area contributed by atoms with Crippen LogP contribution in [-0.2, 0) is 11.3 Å². The normalized spacial score (nSPS) is 15.3. The van der Waals surface area contributed by atoms with Crippen LogP contribution in [0.1, 0.15) is 41.4 Å². The van der Waals surface area contributed by atoms with Crippen molar-refractivity contribution >= 4 is 11.7 Å². The lowest BCUT2D eigenvalue weighted by atomic mass is 10.0. The number of H-pyrrole nitrogens is 1. The summed E-state index contributed by atoms with van der Waals surface area (Å²) >= 11 is 0. The van der Waals surface area contributed by atoms with Gasteiger partial charge in [0.1, 0.15) is 5.69 Å². The number of carbonyl (C=O) groups excluding carboxylic acids is 1. The number of aromatic amines is 1. The molecule has 22 heavy (non-hydrogen) atoms. The first-order chi connectivity index (χ1) is 10.8. The van der Waals surface area contributed by atoms with E-state index in [4.69, 9.17) is 4.74 Å². The maximum Gasteiger partial charge on any atom is 0.275 e. The molecule has 117 valence electrons. The third-order valence-corrected chi connectivity index (χ3v) is 3.91. The molecular formula is C15H20N5O2. The highest BCUT2D eigenvalue weighted by molar-refractivity contribution is 6.02. The van der Waals surface area contributed by atoms with Crippen molar-refractivity contribution in [2.24, 2.45) is 0 Å². The SMILES string of the molecule is COCCn1nccc1C(=O)Nc1cc([C@H]2C[CH]CC2)[nH]n1. The number of methoxy groups -OCH3 is 1. The lowest BCUT2D eigenvalue weighted by Crippen LogP contribution is -2.19. The Morgan fingerprint density at radius 3 is 3.27 bits per heavy atom. The van der Waals surface area contributed by atoms with Crippen molar-refractivity contribution in [3.05, 3.63) is 36.1 Å². The molecule has 2 aromatic rings. The Balaban J connectivity index is 1.65. The first-order valence-electron chi connectivity index (χ1n) is 7.47. The van der Waals surface area contributed by atoms with Gasteiger partial charge >= 0.3 is 0 Å². The Hall–Kier alpha value is -2.15. The molecular weight excluding hydrogens is 282 g/mol. The number of amides is 1. The fourth-order valence-electron chi connectivity index (χ4n) is 2.71. The van der Waals surface area contributed by atoms with Gasteiger partial charge in [0, 0.05) is 31.0 Å². The van der Waals surface area contributed by atoms with Crippen molar-refractivity contribution in [3.63, 3.8) is 0 Å². The average molecular weight is 302 g/mol. The number of nitrogens with one attached hydrogen (secondary N) is 2. The third-order valence-electron chi connectivity index (χ3n) is 3.91. The van der Waals surface area contributed by atoms with Crippen molar-refractivity contribution in [3.8, 4) is 0 Å². The molecule has 7 heteroatoms. The Bertz CT molecular complexity index is 627. The topological polar surface area (TPSA) is 84.8 Å². The van der Waals surface area contributed by atoms with E-state index in [0.717, 1.165) is 25.0 Å². The van der Waals surface area contributed by atoms with E-state index in [0.29, 0.717) is 30.6 Å². The van der Waals surface area contributed by atoms with E-state index in [2.05, 4.69) is 27.0 Å². The van der Waals surface area contributed by atoms with Gasteiger partial charge in [0.05, 0.1) is 13.2 Å². The highest BCUT2D eigenvalue weighted by Crippen LogP contribution is 2.33. The standard InChI is InChI=1S/C15H20N5O2/c1-22-9-8-20-13(6-7-16-20)15(21)17-14-10-12(18-19-14)11-4-2-3-5-11/h2,6-7,10-11H,3-5,8-9H2,1H3,(H2,17,18,19,21)/t11-/m0/s1. The lowest BCUT2D eigenvalue weighted by molar-refractivity contribution is 0.101. The number of hydrogen-bond acceptors (Lipinski definition) is 4. The van der Waals surface area contributed by atoms with Crippen LogP contribution in [0.4, 0.5) is 5.82 Å². The number of ether oxygens (including phenoxy) is 1. The van der Waals surface area contributed by atoms with Gasteiger partial charge in [0.2, 0.25) is 0 Å². The van der Waals surface area contributed by atoms with E-state index in [-0.39, 0.29) is 5.91 Å². The molecule has 7 nitrogen and oxygen atoms in total. The molecule has 1 aliphatic carbocycles. The fraction of sp³-hybridized carbons (Fsp3) is 0.467. The van der Waals surface area contributed by atoms with Gasteiger partial charge in [-0.2, -0.15) is 10.2 Å². The van der Waals surface area contributed by atoms with Crippen LogP contribution in [-0.4, -0.2) is 39.6 Å². The molecule has 0 saturated heterocycles. The molecule has 0 aliphatic heterocycles. The summed E-state index contributed by atoms with van der Waals surface area (Å²) in [6.07, 6.45) is 7.25. The molecule has 2 heterocycles. The summed E-state index contributed by atoms with van der Waals surface area (Å²) in [5.41, 5.74) is 1.58. The molecule has 0 aromatic carbocycles. The second-order valence-corrected chi connectivity index (χ2v) is 5.39. The largest absolute Gasteiger partial charge is 0.383 e. The van der Waals surface area contributed by atoms with E-state index >= 15 is 0 Å². The number of rotatable bonds is 6. The minimum absolute atomic E-state index is 0.218.